The van der Waals surface area contributed by atoms with Crippen LogP contribution in [0.1, 0.15) is 9.80 Å². The lowest BCUT2D eigenvalue weighted by Crippen LogP contribution is -2.33. The summed E-state index contributed by atoms with van der Waals surface area (Å²) in [5.74, 6) is -0.308. The van der Waals surface area contributed by atoms with Crippen LogP contribution in [0.4, 0.5) is 10.5 Å². The first-order chi connectivity index (χ1) is 11.0. The van der Waals surface area contributed by atoms with Gasteiger partial charge in [0.25, 0.3) is 5.91 Å². The Morgan fingerprint density at radius 3 is 2.70 bits per heavy atom. The van der Waals surface area contributed by atoms with E-state index < -0.39 is 6.09 Å². The molecule has 0 atom stereocenters. The van der Waals surface area contributed by atoms with Gasteiger partial charge in [-0.1, -0.05) is 12.1 Å². The summed E-state index contributed by atoms with van der Waals surface area (Å²) in [6.45, 7) is 0.375. The Balaban J connectivity index is 2.01. The van der Waals surface area contributed by atoms with E-state index in [-0.39, 0.29) is 19.0 Å². The summed E-state index contributed by atoms with van der Waals surface area (Å²) >= 11 is 1.26. The molecular formula is C15H18N4O3S. The fourth-order valence-corrected chi connectivity index (χ4v) is 2.62. The minimum absolute atomic E-state index is 0.157. The third kappa shape index (κ3) is 4.68. The van der Waals surface area contributed by atoms with Crippen molar-refractivity contribution in [3.8, 4) is 11.3 Å². The van der Waals surface area contributed by atoms with Crippen LogP contribution in [0, 0.1) is 0 Å². The van der Waals surface area contributed by atoms with Gasteiger partial charge in [-0.3, -0.25) is 4.79 Å². The van der Waals surface area contributed by atoms with Crippen molar-refractivity contribution in [2.24, 2.45) is 0 Å². The van der Waals surface area contributed by atoms with Crippen molar-refractivity contribution in [3.63, 3.8) is 0 Å². The van der Waals surface area contributed by atoms with Crippen LogP contribution < -0.4 is 15.5 Å². The average molecular weight is 334 g/mol. The summed E-state index contributed by atoms with van der Waals surface area (Å²) in [6.07, 6.45) is -1.11. The Morgan fingerprint density at radius 2 is 2.00 bits per heavy atom. The van der Waals surface area contributed by atoms with E-state index in [9.17, 15) is 9.59 Å². The molecule has 2 amide bonds. The number of hydrogen-bond acceptors (Lipinski definition) is 5. The van der Waals surface area contributed by atoms with Crippen molar-refractivity contribution in [2.75, 3.05) is 32.1 Å². The van der Waals surface area contributed by atoms with Crippen LogP contribution >= 0.6 is 11.3 Å². The Labute approximate surface area is 138 Å². The maximum Gasteiger partial charge on any atom is 0.404 e. The van der Waals surface area contributed by atoms with Gasteiger partial charge in [-0.05, 0) is 12.1 Å². The van der Waals surface area contributed by atoms with Gasteiger partial charge >= 0.3 is 6.09 Å². The second-order valence-electron chi connectivity index (χ2n) is 4.97. The quantitative estimate of drug-likeness (QED) is 0.701. The number of nitrogens with one attached hydrogen (secondary N) is 2. The van der Waals surface area contributed by atoms with Crippen LogP contribution in [0.15, 0.2) is 29.6 Å². The lowest BCUT2D eigenvalue weighted by Gasteiger charge is -2.12. The van der Waals surface area contributed by atoms with Crippen LogP contribution in [0.25, 0.3) is 11.3 Å². The first kappa shape index (κ1) is 16.8. The zero-order valence-electron chi connectivity index (χ0n) is 12.9. The maximum atomic E-state index is 12.0. The van der Waals surface area contributed by atoms with Crippen LogP contribution in [-0.4, -0.2) is 49.3 Å². The Morgan fingerprint density at radius 1 is 1.26 bits per heavy atom. The fraction of sp³-hybridized carbons (Fsp3) is 0.267. The van der Waals surface area contributed by atoms with E-state index in [1.807, 2.05) is 48.6 Å². The molecule has 0 saturated heterocycles. The molecule has 0 saturated carbocycles. The van der Waals surface area contributed by atoms with Crippen molar-refractivity contribution in [2.45, 2.75) is 0 Å². The number of aromatic nitrogens is 1. The van der Waals surface area contributed by atoms with E-state index in [1.54, 1.807) is 0 Å². The molecule has 1 aromatic heterocycles. The molecule has 0 fully saturated rings. The number of hydrogen-bond donors (Lipinski definition) is 3. The molecule has 23 heavy (non-hydrogen) atoms. The number of nitrogens with zero attached hydrogens (tertiary/aromatic N) is 2. The molecule has 0 aliphatic heterocycles. The Kier molecular flexibility index (Phi) is 5.53. The highest BCUT2D eigenvalue weighted by molar-refractivity contribution is 7.12. The molecule has 122 valence electrons. The largest absolute Gasteiger partial charge is 0.465 e. The van der Waals surface area contributed by atoms with Crippen molar-refractivity contribution >= 4 is 29.0 Å². The zero-order chi connectivity index (χ0) is 16.8. The van der Waals surface area contributed by atoms with Gasteiger partial charge in [0.2, 0.25) is 0 Å². The van der Waals surface area contributed by atoms with Crippen LogP contribution in [-0.2, 0) is 0 Å². The van der Waals surface area contributed by atoms with Gasteiger partial charge in [0.15, 0.2) is 5.01 Å². The van der Waals surface area contributed by atoms with Crippen LogP contribution in [0.2, 0.25) is 0 Å². The predicted octanol–water partition coefficient (Wildman–Crippen LogP) is 1.87. The van der Waals surface area contributed by atoms with Gasteiger partial charge < -0.3 is 20.6 Å². The molecule has 0 spiro atoms. The monoisotopic (exact) mass is 334 g/mol. The van der Waals surface area contributed by atoms with Gasteiger partial charge in [0.05, 0.1) is 5.69 Å². The summed E-state index contributed by atoms with van der Waals surface area (Å²) in [7, 11) is 3.92. The predicted molar refractivity (Wildman–Crippen MR) is 90.2 cm³/mol. The zero-order valence-corrected chi connectivity index (χ0v) is 13.7. The topological polar surface area (TPSA) is 94.6 Å². The molecule has 2 rings (SSSR count). The third-order valence-electron chi connectivity index (χ3n) is 3.04. The lowest BCUT2D eigenvalue weighted by molar-refractivity contribution is 0.0953. The molecule has 1 aromatic carbocycles. The van der Waals surface area contributed by atoms with E-state index in [0.717, 1.165) is 16.9 Å². The first-order valence-corrected chi connectivity index (χ1v) is 7.83. The molecule has 3 N–H and O–H groups in total. The van der Waals surface area contributed by atoms with E-state index in [0.29, 0.717) is 5.01 Å². The number of rotatable bonds is 6. The summed E-state index contributed by atoms with van der Waals surface area (Å²) in [4.78, 5) is 28.6. The summed E-state index contributed by atoms with van der Waals surface area (Å²) < 4.78 is 0. The number of carboxylic acid groups (broad SMARTS) is 1. The lowest BCUT2D eigenvalue weighted by atomic mass is 10.1. The molecule has 0 aliphatic carbocycles. The second kappa shape index (κ2) is 7.59. The molecule has 0 aliphatic rings. The molecule has 7 nitrogen and oxygen atoms in total. The number of thiazole rings is 1. The molecule has 2 aromatic rings. The molecule has 0 radical (unpaired) electrons. The Bertz CT molecular complexity index is 700. The molecular weight excluding hydrogens is 316 g/mol. The van der Waals surface area contributed by atoms with Gasteiger partial charge in [-0.25, -0.2) is 9.78 Å². The highest BCUT2D eigenvalue weighted by Gasteiger charge is 2.12. The molecule has 0 unspecified atom stereocenters. The number of anilines is 1. The van der Waals surface area contributed by atoms with E-state index in [4.69, 9.17) is 5.11 Å². The molecule has 8 heteroatoms. The second-order valence-corrected chi connectivity index (χ2v) is 5.83. The number of benzene rings is 1. The number of amides is 2. The van der Waals surface area contributed by atoms with Gasteiger partial charge in [-0.15, -0.1) is 11.3 Å². The minimum atomic E-state index is -1.11. The third-order valence-corrected chi connectivity index (χ3v) is 3.88. The maximum absolute atomic E-state index is 12.0. The highest BCUT2D eigenvalue weighted by Crippen LogP contribution is 2.25. The molecule has 0 bridgehead atoms. The SMILES string of the molecule is CN(C)c1cccc(-c2csc(C(=O)NCCNC(=O)O)n2)c1. The van der Waals surface area contributed by atoms with E-state index >= 15 is 0 Å². The average Bonchev–Trinajstić information content (AvgIpc) is 3.01. The first-order valence-electron chi connectivity index (χ1n) is 6.95. The summed E-state index contributed by atoms with van der Waals surface area (Å²) in [5.41, 5.74) is 2.74. The summed E-state index contributed by atoms with van der Waals surface area (Å²) in [5, 5.41) is 15.4. The number of carbonyl (C=O) groups is 2. The van der Waals surface area contributed by atoms with Crippen molar-refractivity contribution in [1.82, 2.24) is 15.6 Å². The van der Waals surface area contributed by atoms with E-state index in [1.165, 1.54) is 11.3 Å². The van der Waals surface area contributed by atoms with Gasteiger partial charge in [0, 0.05) is 43.8 Å². The van der Waals surface area contributed by atoms with Crippen molar-refractivity contribution in [1.29, 1.82) is 0 Å². The fourth-order valence-electron chi connectivity index (χ4n) is 1.88. The van der Waals surface area contributed by atoms with Crippen LogP contribution in [0.3, 0.4) is 0 Å². The van der Waals surface area contributed by atoms with Crippen molar-refractivity contribution in [3.05, 3.63) is 34.7 Å². The normalized spacial score (nSPS) is 10.2. The van der Waals surface area contributed by atoms with Gasteiger partial charge in [-0.2, -0.15) is 0 Å². The smallest absolute Gasteiger partial charge is 0.404 e. The van der Waals surface area contributed by atoms with Crippen LogP contribution in [0.5, 0.6) is 0 Å². The minimum Gasteiger partial charge on any atom is -0.465 e. The summed E-state index contributed by atoms with van der Waals surface area (Å²) in [6, 6.07) is 7.90. The van der Waals surface area contributed by atoms with E-state index in [2.05, 4.69) is 15.6 Å². The standard InChI is InChI=1S/C15H18N4O3S/c1-19(2)11-5-3-4-10(8-11)12-9-23-14(18-12)13(20)16-6-7-17-15(21)22/h3-5,8-9,17H,6-7H2,1-2H3,(H,16,20)(H,21,22). The Hall–Kier alpha value is -2.61. The highest BCUT2D eigenvalue weighted by atomic mass is 32.1. The van der Waals surface area contributed by atoms with Crippen molar-refractivity contribution < 1.29 is 14.7 Å². The molecule has 1 heterocycles. The number of carbonyl (C=O) groups excluding carboxylic acids is 1. The van der Waals surface area contributed by atoms with Gasteiger partial charge in [0.1, 0.15) is 0 Å².